The summed E-state index contributed by atoms with van der Waals surface area (Å²) >= 11 is 0. The largest absolute Gasteiger partial charge is 0.480 e. The highest BCUT2D eigenvalue weighted by molar-refractivity contribution is 7.89. The molecule has 0 bridgehead atoms. The Labute approximate surface area is 146 Å². The van der Waals surface area contributed by atoms with Gasteiger partial charge < -0.3 is 15.2 Å². The number of likely N-dealkylation sites (N-methyl/N-ethyl adjacent to an activating group) is 1. The maximum absolute atomic E-state index is 12.4. The number of carboxylic acid groups (broad SMARTS) is 1. The summed E-state index contributed by atoms with van der Waals surface area (Å²) in [5.41, 5.74) is 0. The molecular weight excluding hydrogens is 350 g/mol. The monoisotopic (exact) mass is 371 g/mol. The number of hydrogen-bond donors (Lipinski definition) is 2. The first-order valence-electron chi connectivity index (χ1n) is 7.78. The molecule has 2 atom stereocenters. The lowest BCUT2D eigenvalue weighted by molar-refractivity contribution is -0.145. The lowest BCUT2D eigenvalue weighted by Gasteiger charge is -2.28. The number of sulfonamides is 1. The van der Waals surface area contributed by atoms with Crippen LogP contribution in [0.15, 0.2) is 29.4 Å². The summed E-state index contributed by atoms with van der Waals surface area (Å²) in [5.74, 6) is -2.19. The first-order valence-corrected chi connectivity index (χ1v) is 9.22. The van der Waals surface area contributed by atoms with Crippen LogP contribution in [0.1, 0.15) is 12.8 Å². The second-order valence-corrected chi connectivity index (χ2v) is 7.86. The van der Waals surface area contributed by atoms with Crippen LogP contribution in [-0.4, -0.2) is 67.5 Å². The fraction of sp³-hybridized carbons (Fsp3) is 0.533. The predicted molar refractivity (Wildman–Crippen MR) is 87.2 cm³/mol. The van der Waals surface area contributed by atoms with Gasteiger partial charge in [0.15, 0.2) is 0 Å². The number of amides is 1. The highest BCUT2D eigenvalue weighted by Crippen LogP contribution is 2.18. The summed E-state index contributed by atoms with van der Waals surface area (Å²) < 4.78 is 30.8. The molecule has 1 fully saturated rings. The van der Waals surface area contributed by atoms with Gasteiger partial charge in [-0.1, -0.05) is 0 Å². The lowest BCUT2D eigenvalue weighted by atomic mass is 9.93. The number of carbonyl (C=O) groups is 2. The van der Waals surface area contributed by atoms with Crippen molar-refractivity contribution < 1.29 is 27.9 Å². The van der Waals surface area contributed by atoms with Crippen molar-refractivity contribution >= 4 is 21.9 Å². The van der Waals surface area contributed by atoms with E-state index in [0.717, 1.165) is 10.7 Å². The summed E-state index contributed by atoms with van der Waals surface area (Å²) in [4.78, 5) is 27.3. The number of aromatic nitrogens is 1. The third-order valence-corrected chi connectivity index (χ3v) is 5.75. The Balaban J connectivity index is 2.01. The quantitative estimate of drug-likeness (QED) is 0.674. The van der Waals surface area contributed by atoms with E-state index in [1.54, 1.807) is 0 Å². The van der Waals surface area contributed by atoms with Gasteiger partial charge in [-0.05, 0) is 25.0 Å². The zero-order chi connectivity index (χ0) is 18.4. The molecule has 1 aromatic heterocycles. The SMILES string of the molecule is CN(CC(=O)NC(C(=O)O)C1CCCOC1)S(=O)(=O)c1cccnc1. The summed E-state index contributed by atoms with van der Waals surface area (Å²) in [7, 11) is -2.63. The molecule has 1 aliphatic rings. The van der Waals surface area contributed by atoms with Crippen LogP contribution < -0.4 is 5.32 Å². The third-order valence-electron chi connectivity index (χ3n) is 3.96. The molecule has 1 saturated heterocycles. The van der Waals surface area contributed by atoms with Gasteiger partial charge in [0.25, 0.3) is 0 Å². The minimum Gasteiger partial charge on any atom is -0.480 e. The van der Waals surface area contributed by atoms with Gasteiger partial charge in [0.2, 0.25) is 15.9 Å². The molecule has 138 valence electrons. The van der Waals surface area contributed by atoms with E-state index in [4.69, 9.17) is 4.74 Å². The van der Waals surface area contributed by atoms with Gasteiger partial charge in [-0.2, -0.15) is 4.31 Å². The number of nitrogens with one attached hydrogen (secondary N) is 1. The van der Waals surface area contributed by atoms with Crippen LogP contribution in [-0.2, 0) is 24.3 Å². The molecular formula is C15H21N3O6S. The van der Waals surface area contributed by atoms with Gasteiger partial charge >= 0.3 is 5.97 Å². The van der Waals surface area contributed by atoms with Crippen molar-refractivity contribution in [2.24, 2.45) is 5.92 Å². The van der Waals surface area contributed by atoms with Crippen LogP contribution >= 0.6 is 0 Å². The normalized spacial score (nSPS) is 19.4. The summed E-state index contributed by atoms with van der Waals surface area (Å²) in [6.07, 6.45) is 3.97. The molecule has 25 heavy (non-hydrogen) atoms. The first kappa shape index (κ1) is 19.3. The van der Waals surface area contributed by atoms with Crippen LogP contribution in [0.5, 0.6) is 0 Å². The van der Waals surface area contributed by atoms with E-state index in [1.165, 1.54) is 31.6 Å². The maximum Gasteiger partial charge on any atom is 0.326 e. The number of carboxylic acids is 1. The number of carbonyl (C=O) groups excluding carboxylic acids is 1. The third kappa shape index (κ3) is 4.97. The van der Waals surface area contributed by atoms with E-state index >= 15 is 0 Å². The molecule has 2 heterocycles. The van der Waals surface area contributed by atoms with E-state index < -0.39 is 34.5 Å². The molecule has 0 radical (unpaired) electrons. The Bertz CT molecular complexity index is 703. The van der Waals surface area contributed by atoms with Crippen molar-refractivity contribution in [1.29, 1.82) is 0 Å². The van der Waals surface area contributed by atoms with Crippen molar-refractivity contribution in [3.63, 3.8) is 0 Å². The van der Waals surface area contributed by atoms with Crippen molar-refractivity contribution in [3.05, 3.63) is 24.5 Å². The number of pyridine rings is 1. The molecule has 10 heteroatoms. The van der Waals surface area contributed by atoms with Crippen LogP contribution in [0, 0.1) is 5.92 Å². The van der Waals surface area contributed by atoms with E-state index in [0.29, 0.717) is 13.0 Å². The van der Waals surface area contributed by atoms with Crippen molar-refractivity contribution in [3.8, 4) is 0 Å². The van der Waals surface area contributed by atoms with E-state index in [-0.39, 0.29) is 17.4 Å². The van der Waals surface area contributed by atoms with Crippen LogP contribution in [0.4, 0.5) is 0 Å². The van der Waals surface area contributed by atoms with Gasteiger partial charge in [0.05, 0.1) is 13.2 Å². The molecule has 2 N–H and O–H groups in total. The highest BCUT2D eigenvalue weighted by Gasteiger charge is 2.32. The van der Waals surface area contributed by atoms with Gasteiger partial charge in [0, 0.05) is 32.0 Å². The Hall–Kier alpha value is -2.04. The van der Waals surface area contributed by atoms with Crippen LogP contribution in [0.3, 0.4) is 0 Å². The number of rotatable bonds is 7. The molecule has 0 aliphatic carbocycles. The fourth-order valence-corrected chi connectivity index (χ4v) is 3.69. The van der Waals surface area contributed by atoms with E-state index in [1.807, 2.05) is 0 Å². The summed E-state index contributed by atoms with van der Waals surface area (Å²) in [5, 5.41) is 11.7. The molecule has 0 saturated carbocycles. The average Bonchev–Trinajstić information content (AvgIpc) is 2.60. The number of hydrogen-bond acceptors (Lipinski definition) is 6. The Kier molecular flexibility index (Phi) is 6.45. The molecule has 2 rings (SSSR count). The molecule has 0 spiro atoms. The summed E-state index contributed by atoms with van der Waals surface area (Å²) in [6.45, 7) is 0.332. The summed E-state index contributed by atoms with van der Waals surface area (Å²) in [6, 6.07) is 1.74. The van der Waals surface area contributed by atoms with E-state index in [2.05, 4.69) is 10.3 Å². The standard InChI is InChI=1S/C15H21N3O6S/c1-18(25(22,23)12-5-2-6-16-8-12)9-13(19)17-14(15(20)21)11-4-3-7-24-10-11/h2,5-6,8,11,14H,3-4,7,9-10H2,1H3,(H,17,19)(H,20,21). The predicted octanol–water partition coefficient (Wildman–Crippen LogP) is -0.302. The Morgan fingerprint density at radius 3 is 2.84 bits per heavy atom. The van der Waals surface area contributed by atoms with Crippen molar-refractivity contribution in [1.82, 2.24) is 14.6 Å². The Morgan fingerprint density at radius 2 is 2.28 bits per heavy atom. The molecule has 9 nitrogen and oxygen atoms in total. The molecule has 1 amide bonds. The number of nitrogens with zero attached hydrogens (tertiary/aromatic N) is 2. The average molecular weight is 371 g/mol. The fourth-order valence-electron chi connectivity index (χ4n) is 2.60. The second kappa shape index (κ2) is 8.37. The lowest BCUT2D eigenvalue weighted by Crippen LogP contribution is -2.51. The minimum absolute atomic E-state index is 0.0410. The topological polar surface area (TPSA) is 126 Å². The van der Waals surface area contributed by atoms with Gasteiger partial charge in [0.1, 0.15) is 10.9 Å². The minimum atomic E-state index is -3.88. The number of ether oxygens (including phenoxy) is 1. The van der Waals surface area contributed by atoms with Crippen LogP contribution in [0.2, 0.25) is 0 Å². The number of aliphatic carboxylic acids is 1. The highest BCUT2D eigenvalue weighted by atomic mass is 32.2. The Morgan fingerprint density at radius 1 is 1.52 bits per heavy atom. The van der Waals surface area contributed by atoms with Crippen LogP contribution in [0.25, 0.3) is 0 Å². The van der Waals surface area contributed by atoms with E-state index in [9.17, 15) is 23.1 Å². The van der Waals surface area contributed by atoms with Gasteiger partial charge in [-0.15, -0.1) is 0 Å². The first-order chi connectivity index (χ1) is 11.8. The zero-order valence-corrected chi connectivity index (χ0v) is 14.6. The van der Waals surface area contributed by atoms with Gasteiger partial charge in [-0.25, -0.2) is 13.2 Å². The second-order valence-electron chi connectivity index (χ2n) is 5.81. The molecule has 2 unspecified atom stereocenters. The molecule has 1 aliphatic heterocycles. The molecule has 0 aromatic carbocycles. The van der Waals surface area contributed by atoms with Crippen molar-refractivity contribution in [2.45, 2.75) is 23.8 Å². The maximum atomic E-state index is 12.4. The smallest absolute Gasteiger partial charge is 0.326 e. The van der Waals surface area contributed by atoms with Crippen molar-refractivity contribution in [2.75, 3.05) is 26.8 Å². The molecule has 1 aromatic rings. The zero-order valence-electron chi connectivity index (χ0n) is 13.8. The van der Waals surface area contributed by atoms with Gasteiger partial charge in [-0.3, -0.25) is 9.78 Å².